The van der Waals surface area contributed by atoms with Crippen molar-refractivity contribution in [2.75, 3.05) is 0 Å². The number of rotatable bonds is 5. The van der Waals surface area contributed by atoms with Crippen LogP contribution < -0.4 is 4.74 Å². The fourth-order valence-electron chi connectivity index (χ4n) is 4.56. The second kappa shape index (κ2) is 7.86. The molecule has 0 spiro atoms. The first-order valence-electron chi connectivity index (χ1n) is 11.1. The van der Waals surface area contributed by atoms with Crippen LogP contribution in [0.4, 0.5) is 8.78 Å². The van der Waals surface area contributed by atoms with Gasteiger partial charge in [-0.1, -0.05) is 18.2 Å². The summed E-state index contributed by atoms with van der Waals surface area (Å²) in [6, 6.07) is 11.8. The molecule has 1 aromatic heterocycles. The molecule has 0 N–H and O–H groups in total. The Kier molecular flexibility index (Phi) is 4.79. The zero-order chi connectivity index (χ0) is 23.4. The molecule has 2 atom stereocenters. The molecule has 1 saturated carbocycles. The highest BCUT2D eigenvalue weighted by molar-refractivity contribution is 6.48. The number of nitrogens with zero attached hydrogens (tertiary/aromatic N) is 5. The van der Waals surface area contributed by atoms with Gasteiger partial charge in [-0.3, -0.25) is 14.5 Å². The summed E-state index contributed by atoms with van der Waals surface area (Å²) in [5.41, 5.74) is 3.50. The fraction of sp³-hybridized carbons (Fsp3) is 0.280. The van der Waals surface area contributed by atoms with Crippen LogP contribution in [0.2, 0.25) is 0 Å². The summed E-state index contributed by atoms with van der Waals surface area (Å²) in [5.74, 6) is -0.340. The highest BCUT2D eigenvalue weighted by Gasteiger charge is 2.42. The Morgan fingerprint density at radius 3 is 2.65 bits per heavy atom. The van der Waals surface area contributed by atoms with E-state index in [9.17, 15) is 13.6 Å². The van der Waals surface area contributed by atoms with E-state index < -0.39 is 18.7 Å². The molecule has 6 rings (SSSR count). The summed E-state index contributed by atoms with van der Waals surface area (Å²) in [6.07, 6.45) is 7.39. The van der Waals surface area contributed by atoms with Gasteiger partial charge in [0.25, 0.3) is 0 Å². The Morgan fingerprint density at radius 1 is 1.12 bits per heavy atom. The molecule has 9 heteroatoms. The first kappa shape index (κ1) is 20.7. The largest absolute Gasteiger partial charge is 0.435 e. The summed E-state index contributed by atoms with van der Waals surface area (Å²) in [4.78, 5) is 18.7. The van der Waals surface area contributed by atoms with Crippen molar-refractivity contribution in [2.45, 2.75) is 31.5 Å². The zero-order valence-corrected chi connectivity index (χ0v) is 18.3. The van der Waals surface area contributed by atoms with Crippen LogP contribution in [0.3, 0.4) is 0 Å². The van der Waals surface area contributed by atoms with Crippen LogP contribution in [0.25, 0.3) is 10.9 Å². The van der Waals surface area contributed by atoms with Gasteiger partial charge in [0.1, 0.15) is 11.5 Å². The third kappa shape index (κ3) is 3.67. The van der Waals surface area contributed by atoms with Crippen LogP contribution in [0.1, 0.15) is 29.9 Å². The predicted octanol–water partition coefficient (Wildman–Crippen LogP) is 4.25. The molecule has 172 valence electrons. The van der Waals surface area contributed by atoms with E-state index in [1.54, 1.807) is 21.8 Å². The first-order valence-corrected chi connectivity index (χ1v) is 11.1. The van der Waals surface area contributed by atoms with E-state index in [4.69, 9.17) is 4.99 Å². The van der Waals surface area contributed by atoms with Crippen molar-refractivity contribution in [3.63, 3.8) is 0 Å². The number of Topliss-reactive ketones (excluding diaryl/α,β-unsaturated/α-hetero) is 1. The van der Waals surface area contributed by atoms with E-state index in [1.807, 2.05) is 43.7 Å². The van der Waals surface area contributed by atoms with Crippen molar-refractivity contribution in [3.05, 3.63) is 72.1 Å². The Balaban J connectivity index is 1.42. The smallest absolute Gasteiger partial charge is 0.387 e. The van der Waals surface area contributed by atoms with Crippen LogP contribution in [0, 0.1) is 5.92 Å². The Morgan fingerprint density at radius 2 is 1.91 bits per heavy atom. The number of alkyl halides is 2. The number of hydrazone groups is 1. The minimum absolute atomic E-state index is 0.0421. The Labute approximate surface area is 194 Å². The van der Waals surface area contributed by atoms with Crippen LogP contribution in [0.15, 0.2) is 71.0 Å². The van der Waals surface area contributed by atoms with Crippen LogP contribution in [-0.4, -0.2) is 44.8 Å². The lowest BCUT2D eigenvalue weighted by molar-refractivity contribution is -0.116. The van der Waals surface area contributed by atoms with E-state index in [1.165, 1.54) is 12.1 Å². The third-order valence-corrected chi connectivity index (χ3v) is 6.33. The van der Waals surface area contributed by atoms with Crippen molar-refractivity contribution in [2.24, 2.45) is 23.1 Å². The van der Waals surface area contributed by atoms with E-state index in [0.29, 0.717) is 22.8 Å². The lowest BCUT2D eigenvalue weighted by Crippen LogP contribution is -2.45. The van der Waals surface area contributed by atoms with Crippen molar-refractivity contribution in [3.8, 4) is 5.75 Å². The van der Waals surface area contributed by atoms with Gasteiger partial charge >= 0.3 is 6.61 Å². The Bertz CT molecular complexity index is 1370. The maximum absolute atomic E-state index is 13.9. The number of hydrogen-bond donors (Lipinski definition) is 0. The lowest BCUT2D eigenvalue weighted by Gasteiger charge is -2.37. The second-order valence-electron chi connectivity index (χ2n) is 8.75. The van der Waals surface area contributed by atoms with Crippen LogP contribution in [0.5, 0.6) is 5.75 Å². The van der Waals surface area contributed by atoms with E-state index in [-0.39, 0.29) is 11.5 Å². The van der Waals surface area contributed by atoms with Gasteiger partial charge in [0, 0.05) is 42.0 Å². The molecular weight excluding hydrogens is 440 g/mol. The normalized spacial score (nSPS) is 22.1. The molecule has 3 aliphatic rings. The number of aliphatic imine (C=N–C) groups is 1. The quantitative estimate of drug-likeness (QED) is 0.570. The van der Waals surface area contributed by atoms with Gasteiger partial charge in [0.05, 0.1) is 11.4 Å². The molecule has 0 saturated heterocycles. The predicted molar refractivity (Wildman–Crippen MR) is 123 cm³/mol. The minimum Gasteiger partial charge on any atom is -0.435 e. The van der Waals surface area contributed by atoms with Crippen molar-refractivity contribution in [1.29, 1.82) is 0 Å². The summed E-state index contributed by atoms with van der Waals surface area (Å²) >= 11 is 0. The average molecular weight is 461 g/mol. The zero-order valence-electron chi connectivity index (χ0n) is 18.3. The number of halogens is 2. The molecule has 7 nitrogen and oxygen atoms in total. The maximum Gasteiger partial charge on any atom is 0.387 e. The molecule has 34 heavy (non-hydrogen) atoms. The number of ether oxygens (including phenoxy) is 1. The SMILES string of the molecule is Cn1cc2cc(C3=NN4C=CC(C5CC5)=NC4C(c4ccc(OC(F)F)cc4)C3=O)ccc2n1. The second-order valence-corrected chi connectivity index (χ2v) is 8.75. The van der Waals surface area contributed by atoms with Gasteiger partial charge < -0.3 is 4.74 Å². The molecule has 0 bridgehead atoms. The van der Waals surface area contributed by atoms with Crippen LogP contribution in [-0.2, 0) is 11.8 Å². The Hall–Kier alpha value is -3.88. The number of hydrogen-bond acceptors (Lipinski definition) is 6. The third-order valence-electron chi connectivity index (χ3n) is 6.33. The molecule has 0 radical (unpaired) electrons. The number of carbonyl (C=O) groups excluding carboxylic acids is 1. The van der Waals surface area contributed by atoms with Gasteiger partial charge in [0.2, 0.25) is 0 Å². The summed E-state index contributed by atoms with van der Waals surface area (Å²) < 4.78 is 31.4. The molecule has 2 aliphatic heterocycles. The molecule has 0 amide bonds. The number of fused-ring (bicyclic) bond motifs is 2. The van der Waals surface area contributed by atoms with E-state index >= 15 is 0 Å². The number of ketones is 1. The topological polar surface area (TPSA) is 72.1 Å². The number of aromatic nitrogens is 2. The molecule has 2 aromatic carbocycles. The maximum atomic E-state index is 13.9. The highest BCUT2D eigenvalue weighted by atomic mass is 19.3. The van der Waals surface area contributed by atoms with E-state index in [2.05, 4.69) is 14.9 Å². The molecule has 2 unspecified atom stereocenters. The van der Waals surface area contributed by atoms with Gasteiger partial charge in [-0.15, -0.1) is 0 Å². The minimum atomic E-state index is -2.91. The summed E-state index contributed by atoms with van der Waals surface area (Å²) in [5, 5.41) is 11.7. The fourth-order valence-corrected chi connectivity index (χ4v) is 4.56. The van der Waals surface area contributed by atoms with Crippen molar-refractivity contribution < 1.29 is 18.3 Å². The molecule has 3 heterocycles. The van der Waals surface area contributed by atoms with Crippen LogP contribution >= 0.6 is 0 Å². The van der Waals surface area contributed by atoms with Crippen molar-refractivity contribution >= 4 is 28.1 Å². The molecule has 3 aromatic rings. The number of aryl methyl sites for hydroxylation is 1. The van der Waals surface area contributed by atoms with Gasteiger partial charge in [-0.2, -0.15) is 19.0 Å². The van der Waals surface area contributed by atoms with E-state index in [0.717, 1.165) is 29.5 Å². The number of carbonyl (C=O) groups is 1. The number of allylic oxidation sites excluding steroid dienone is 1. The lowest BCUT2D eigenvalue weighted by atomic mass is 9.85. The monoisotopic (exact) mass is 461 g/mol. The molecule has 1 aliphatic carbocycles. The number of benzene rings is 2. The highest BCUT2D eigenvalue weighted by Crippen LogP contribution is 2.38. The van der Waals surface area contributed by atoms with Gasteiger partial charge in [0.15, 0.2) is 11.9 Å². The van der Waals surface area contributed by atoms with Gasteiger partial charge in [-0.25, -0.2) is 5.01 Å². The standard InChI is InChI=1S/C25H21F2N5O2/c1-31-13-17-12-16(6-9-20(17)29-31)22-23(33)21(15-4-7-18(8-5-15)34-25(26)27)24-28-19(14-2-3-14)10-11-32(24)30-22/h4-14,21,24-25H,2-3H2,1H3. The summed E-state index contributed by atoms with van der Waals surface area (Å²) in [6.45, 7) is -2.91. The van der Waals surface area contributed by atoms with Crippen molar-refractivity contribution in [1.82, 2.24) is 14.8 Å². The van der Waals surface area contributed by atoms with Gasteiger partial charge in [-0.05, 0) is 48.7 Å². The molecular formula is C25H21F2N5O2. The summed E-state index contributed by atoms with van der Waals surface area (Å²) in [7, 11) is 1.85. The molecule has 1 fully saturated rings. The average Bonchev–Trinajstić information content (AvgIpc) is 3.59. The first-order chi connectivity index (χ1) is 16.5.